The maximum atomic E-state index is 13.1. The fourth-order valence-corrected chi connectivity index (χ4v) is 5.41. The molecule has 1 aromatic heterocycles. The molecule has 0 bridgehead atoms. The molecule has 0 spiro atoms. The first kappa shape index (κ1) is 23.2. The van der Waals surface area contributed by atoms with Gasteiger partial charge in [-0.05, 0) is 68.7 Å². The summed E-state index contributed by atoms with van der Waals surface area (Å²) in [7, 11) is -3.71. The topological polar surface area (TPSA) is 62.6 Å². The van der Waals surface area contributed by atoms with Gasteiger partial charge in [-0.1, -0.05) is 6.92 Å². The van der Waals surface area contributed by atoms with Gasteiger partial charge in [-0.15, -0.1) is 0 Å². The van der Waals surface area contributed by atoms with E-state index in [1.54, 1.807) is 11.0 Å². The van der Waals surface area contributed by atoms with Gasteiger partial charge in [0.1, 0.15) is 5.82 Å². The Hall–Kier alpha value is -2.45. The second kappa shape index (κ2) is 9.78. The van der Waals surface area contributed by atoms with Crippen LogP contribution in [0.25, 0.3) is 6.08 Å². The lowest BCUT2D eigenvalue weighted by Gasteiger charge is -2.21. The normalized spacial score (nSPS) is 16.1. The molecule has 2 heterocycles. The molecular formula is C23H30FN3O3S. The van der Waals surface area contributed by atoms with Gasteiger partial charge in [-0.2, -0.15) is 4.31 Å². The average molecular weight is 448 g/mol. The van der Waals surface area contributed by atoms with Crippen molar-refractivity contribution in [2.45, 2.75) is 45.1 Å². The first-order valence-electron chi connectivity index (χ1n) is 10.6. The predicted molar refractivity (Wildman–Crippen MR) is 120 cm³/mol. The molecule has 0 N–H and O–H groups in total. The van der Waals surface area contributed by atoms with Crippen LogP contribution < -0.4 is 0 Å². The van der Waals surface area contributed by atoms with Crippen molar-refractivity contribution in [3.63, 3.8) is 0 Å². The number of sulfonamides is 1. The molecule has 6 nitrogen and oxygen atoms in total. The Labute approximate surface area is 184 Å². The van der Waals surface area contributed by atoms with Gasteiger partial charge in [0, 0.05) is 50.2 Å². The van der Waals surface area contributed by atoms with E-state index in [2.05, 4.69) is 31.4 Å². The van der Waals surface area contributed by atoms with E-state index in [4.69, 9.17) is 0 Å². The van der Waals surface area contributed by atoms with Crippen LogP contribution in [0, 0.1) is 19.7 Å². The molecule has 0 radical (unpaired) electrons. The minimum atomic E-state index is -3.71. The third-order valence-corrected chi connectivity index (χ3v) is 7.60. The van der Waals surface area contributed by atoms with Crippen molar-refractivity contribution in [1.29, 1.82) is 0 Å². The van der Waals surface area contributed by atoms with Crippen molar-refractivity contribution in [2.75, 3.05) is 26.2 Å². The van der Waals surface area contributed by atoms with E-state index in [0.717, 1.165) is 36.4 Å². The Balaban J connectivity index is 1.67. The number of nitrogens with zero attached hydrogens (tertiary/aromatic N) is 3. The summed E-state index contributed by atoms with van der Waals surface area (Å²) < 4.78 is 42.5. The van der Waals surface area contributed by atoms with Crippen LogP contribution in [-0.2, 0) is 21.4 Å². The van der Waals surface area contributed by atoms with Gasteiger partial charge in [0.2, 0.25) is 15.9 Å². The number of aromatic nitrogens is 1. The number of hydrogen-bond donors (Lipinski definition) is 0. The minimum absolute atomic E-state index is 0.0657. The van der Waals surface area contributed by atoms with E-state index in [-0.39, 0.29) is 17.3 Å². The Morgan fingerprint density at radius 3 is 2.48 bits per heavy atom. The summed E-state index contributed by atoms with van der Waals surface area (Å²) in [5, 5.41) is 0. The zero-order chi connectivity index (χ0) is 22.6. The minimum Gasteiger partial charge on any atom is -0.349 e. The van der Waals surface area contributed by atoms with Crippen LogP contribution in [0.2, 0.25) is 0 Å². The fraction of sp³-hybridized carbons (Fsp3) is 0.435. The second-order valence-electron chi connectivity index (χ2n) is 7.85. The fourth-order valence-electron chi connectivity index (χ4n) is 3.94. The molecule has 1 saturated heterocycles. The van der Waals surface area contributed by atoms with Crippen LogP contribution in [0.4, 0.5) is 4.39 Å². The molecule has 31 heavy (non-hydrogen) atoms. The molecule has 0 aliphatic carbocycles. The van der Waals surface area contributed by atoms with Crippen molar-refractivity contribution in [1.82, 2.24) is 13.8 Å². The monoisotopic (exact) mass is 447 g/mol. The van der Waals surface area contributed by atoms with E-state index < -0.39 is 15.8 Å². The number of carbonyl (C=O) groups excluding carboxylic acids is 1. The number of benzene rings is 1. The number of aryl methyl sites for hydroxylation is 1. The lowest BCUT2D eigenvalue weighted by atomic mass is 10.2. The summed E-state index contributed by atoms with van der Waals surface area (Å²) in [6, 6.07) is 6.91. The third kappa shape index (κ3) is 5.25. The molecule has 0 saturated carbocycles. The molecule has 2 aromatic rings. The van der Waals surface area contributed by atoms with Gasteiger partial charge in [0.25, 0.3) is 0 Å². The molecule has 3 rings (SSSR count). The van der Waals surface area contributed by atoms with Crippen LogP contribution >= 0.6 is 0 Å². The number of carbonyl (C=O) groups is 1. The van der Waals surface area contributed by atoms with Gasteiger partial charge in [0.15, 0.2) is 0 Å². The summed E-state index contributed by atoms with van der Waals surface area (Å²) in [5.41, 5.74) is 3.33. The van der Waals surface area contributed by atoms with Crippen molar-refractivity contribution >= 4 is 22.0 Å². The molecule has 168 valence electrons. The van der Waals surface area contributed by atoms with E-state index in [0.29, 0.717) is 26.1 Å². The van der Waals surface area contributed by atoms with Crippen molar-refractivity contribution < 1.29 is 17.6 Å². The predicted octanol–water partition coefficient (Wildman–Crippen LogP) is 3.59. The Bertz CT molecular complexity index is 1060. The molecule has 1 aromatic carbocycles. The zero-order valence-electron chi connectivity index (χ0n) is 18.3. The van der Waals surface area contributed by atoms with E-state index >= 15 is 0 Å². The summed E-state index contributed by atoms with van der Waals surface area (Å²) in [6.07, 6.45) is 5.01. The van der Waals surface area contributed by atoms with Gasteiger partial charge in [-0.25, -0.2) is 12.8 Å². The maximum absolute atomic E-state index is 13.1. The summed E-state index contributed by atoms with van der Waals surface area (Å²) >= 11 is 0. The Kier molecular flexibility index (Phi) is 7.33. The van der Waals surface area contributed by atoms with Gasteiger partial charge < -0.3 is 9.47 Å². The number of halogens is 1. The van der Waals surface area contributed by atoms with E-state index in [1.165, 1.54) is 22.1 Å². The first-order valence-corrected chi connectivity index (χ1v) is 12.1. The molecule has 1 aliphatic rings. The lowest BCUT2D eigenvalue weighted by Crippen LogP contribution is -2.36. The van der Waals surface area contributed by atoms with Crippen molar-refractivity contribution in [2.24, 2.45) is 0 Å². The maximum Gasteiger partial charge on any atom is 0.246 e. The molecule has 1 amide bonds. The average Bonchev–Trinajstić information content (AvgIpc) is 2.92. The molecule has 0 atom stereocenters. The van der Waals surface area contributed by atoms with Crippen LogP contribution in [0.3, 0.4) is 0 Å². The molecule has 1 fully saturated rings. The van der Waals surface area contributed by atoms with Crippen molar-refractivity contribution in [3.8, 4) is 0 Å². The van der Waals surface area contributed by atoms with Gasteiger partial charge in [-0.3, -0.25) is 4.79 Å². The molecule has 0 unspecified atom stereocenters. The number of rotatable bonds is 6. The Morgan fingerprint density at radius 2 is 1.81 bits per heavy atom. The van der Waals surface area contributed by atoms with Gasteiger partial charge in [0.05, 0.1) is 4.90 Å². The van der Waals surface area contributed by atoms with Crippen LogP contribution in [-0.4, -0.2) is 54.3 Å². The van der Waals surface area contributed by atoms with E-state index in [1.807, 2.05) is 6.08 Å². The smallest absolute Gasteiger partial charge is 0.246 e. The highest BCUT2D eigenvalue weighted by molar-refractivity contribution is 7.89. The SMILES string of the molecule is CCCn1c(C)cc(C=CC(=O)N2CCCN(S(=O)(=O)c3ccc(F)cc3)CC2)c1C. The second-order valence-corrected chi connectivity index (χ2v) is 9.79. The van der Waals surface area contributed by atoms with Crippen LogP contribution in [0.1, 0.15) is 36.7 Å². The van der Waals surface area contributed by atoms with E-state index in [9.17, 15) is 17.6 Å². The van der Waals surface area contributed by atoms with Crippen LogP contribution in [0.15, 0.2) is 41.3 Å². The summed E-state index contributed by atoms with van der Waals surface area (Å²) in [4.78, 5) is 14.5. The number of hydrogen-bond acceptors (Lipinski definition) is 3. The van der Waals surface area contributed by atoms with Gasteiger partial charge >= 0.3 is 0 Å². The lowest BCUT2D eigenvalue weighted by molar-refractivity contribution is -0.125. The highest BCUT2D eigenvalue weighted by Crippen LogP contribution is 2.19. The largest absolute Gasteiger partial charge is 0.349 e. The first-order chi connectivity index (χ1) is 14.7. The van der Waals surface area contributed by atoms with Crippen molar-refractivity contribution in [3.05, 3.63) is 59.2 Å². The highest BCUT2D eigenvalue weighted by Gasteiger charge is 2.27. The standard InChI is InChI=1S/C23H30FN3O3S/c1-4-12-27-18(2)17-20(19(27)3)6-11-23(28)25-13-5-14-26(16-15-25)31(29,30)22-9-7-21(24)8-10-22/h6-11,17H,4-5,12-16H2,1-3H3. The molecule has 1 aliphatic heterocycles. The number of amides is 1. The quantitative estimate of drug-likeness (QED) is 0.636. The molecular weight excluding hydrogens is 417 g/mol. The highest BCUT2D eigenvalue weighted by atomic mass is 32.2. The summed E-state index contributed by atoms with van der Waals surface area (Å²) in [5.74, 6) is -0.602. The third-order valence-electron chi connectivity index (χ3n) is 5.68. The zero-order valence-corrected chi connectivity index (χ0v) is 19.2. The molecule has 8 heteroatoms. The Morgan fingerprint density at radius 1 is 1.10 bits per heavy atom. The van der Waals surface area contributed by atoms with Crippen LogP contribution in [0.5, 0.6) is 0 Å². The summed E-state index contributed by atoms with van der Waals surface area (Å²) in [6.45, 7) is 8.55.